The summed E-state index contributed by atoms with van der Waals surface area (Å²) in [6, 6.07) is 5.44. The average Bonchev–Trinajstić information content (AvgIpc) is 2.88. The van der Waals surface area contributed by atoms with E-state index < -0.39 is 0 Å². The predicted octanol–water partition coefficient (Wildman–Crippen LogP) is 3.44. The summed E-state index contributed by atoms with van der Waals surface area (Å²) >= 11 is 3.35. The number of fused-ring (bicyclic) bond motifs is 1. The lowest BCUT2D eigenvalue weighted by molar-refractivity contribution is -0.384. The topological polar surface area (TPSA) is 68.1 Å². The molecule has 0 spiro atoms. The Morgan fingerprint density at radius 3 is 3.15 bits per heavy atom. The zero-order valence-corrected chi connectivity index (χ0v) is 12.5. The van der Waals surface area contributed by atoms with Crippen molar-refractivity contribution in [3.05, 3.63) is 28.3 Å². The largest absolute Gasteiger partial charge is 0.313 e. The summed E-state index contributed by atoms with van der Waals surface area (Å²) in [5, 5.41) is 14.3. The fourth-order valence-electron chi connectivity index (χ4n) is 2.31. The Morgan fingerprint density at radius 1 is 1.50 bits per heavy atom. The molecule has 7 heteroatoms. The van der Waals surface area contributed by atoms with Gasteiger partial charge in [0.05, 0.1) is 15.1 Å². The van der Waals surface area contributed by atoms with Crippen molar-refractivity contribution in [1.82, 2.24) is 10.3 Å². The molecule has 1 fully saturated rings. The van der Waals surface area contributed by atoms with E-state index in [0.717, 1.165) is 26.9 Å². The average molecular weight is 309 g/mol. The Balaban J connectivity index is 1.70. The van der Waals surface area contributed by atoms with Crippen LogP contribution in [0.1, 0.15) is 19.3 Å². The molecule has 1 atom stereocenters. The van der Waals surface area contributed by atoms with Gasteiger partial charge >= 0.3 is 0 Å². The Bertz CT molecular complexity index is 623. The van der Waals surface area contributed by atoms with Crippen LogP contribution in [0.25, 0.3) is 10.2 Å². The van der Waals surface area contributed by atoms with Crippen LogP contribution in [0, 0.1) is 10.1 Å². The van der Waals surface area contributed by atoms with Crippen LogP contribution in [0.5, 0.6) is 0 Å². The van der Waals surface area contributed by atoms with Crippen molar-refractivity contribution < 1.29 is 4.92 Å². The number of thioether (sulfide) groups is 1. The van der Waals surface area contributed by atoms with Crippen molar-refractivity contribution in [2.24, 2.45) is 0 Å². The first-order valence-corrected chi connectivity index (χ1v) is 8.44. The monoisotopic (exact) mass is 309 g/mol. The second-order valence-corrected chi connectivity index (χ2v) is 7.14. The van der Waals surface area contributed by atoms with Gasteiger partial charge < -0.3 is 5.32 Å². The summed E-state index contributed by atoms with van der Waals surface area (Å²) in [5.41, 5.74) is 0.830. The van der Waals surface area contributed by atoms with E-state index in [1.54, 1.807) is 35.2 Å². The van der Waals surface area contributed by atoms with E-state index in [1.807, 2.05) is 0 Å². The molecule has 1 aromatic carbocycles. The van der Waals surface area contributed by atoms with Crippen molar-refractivity contribution in [1.29, 1.82) is 0 Å². The summed E-state index contributed by atoms with van der Waals surface area (Å²) < 4.78 is 2.00. The number of non-ortho nitro benzene ring substituents is 1. The minimum absolute atomic E-state index is 0.105. The third-order valence-electron chi connectivity index (χ3n) is 3.38. The number of nitrogens with one attached hydrogen (secondary N) is 1. The normalized spacial score (nSPS) is 19.3. The molecule has 3 rings (SSSR count). The number of rotatable bonds is 4. The molecular weight excluding hydrogens is 294 g/mol. The molecule has 0 amide bonds. The van der Waals surface area contributed by atoms with Crippen LogP contribution >= 0.6 is 23.1 Å². The van der Waals surface area contributed by atoms with Gasteiger partial charge in [0.2, 0.25) is 0 Å². The lowest BCUT2D eigenvalue weighted by Gasteiger charge is -2.22. The molecule has 0 radical (unpaired) electrons. The maximum Gasteiger partial charge on any atom is 0.271 e. The number of thiazole rings is 1. The SMILES string of the molecule is O=[N+]([O-])c1ccc2sc(SCC3CCCCN3)nc2c1. The third-order valence-corrected chi connectivity index (χ3v) is 5.72. The van der Waals surface area contributed by atoms with Gasteiger partial charge in [-0.15, -0.1) is 11.3 Å². The van der Waals surface area contributed by atoms with Gasteiger partial charge in [0.25, 0.3) is 5.69 Å². The summed E-state index contributed by atoms with van der Waals surface area (Å²) in [4.78, 5) is 14.9. The van der Waals surface area contributed by atoms with E-state index in [4.69, 9.17) is 0 Å². The molecule has 20 heavy (non-hydrogen) atoms. The highest BCUT2D eigenvalue weighted by molar-refractivity contribution is 8.01. The van der Waals surface area contributed by atoms with Gasteiger partial charge in [-0.25, -0.2) is 4.98 Å². The zero-order chi connectivity index (χ0) is 13.9. The van der Waals surface area contributed by atoms with Crippen LogP contribution < -0.4 is 5.32 Å². The van der Waals surface area contributed by atoms with Gasteiger partial charge in [-0.3, -0.25) is 10.1 Å². The molecule has 0 aliphatic carbocycles. The number of nitrogens with zero attached hydrogens (tertiary/aromatic N) is 2. The maximum atomic E-state index is 10.8. The molecule has 2 aromatic rings. The number of hydrogen-bond acceptors (Lipinski definition) is 6. The molecule has 0 saturated carbocycles. The minimum atomic E-state index is -0.377. The molecule has 2 heterocycles. The molecule has 1 aliphatic rings. The van der Waals surface area contributed by atoms with Crippen LogP contribution in [-0.2, 0) is 0 Å². The van der Waals surface area contributed by atoms with Crippen LogP contribution in [0.4, 0.5) is 5.69 Å². The molecular formula is C13H15N3O2S2. The predicted molar refractivity (Wildman–Crippen MR) is 82.6 cm³/mol. The van der Waals surface area contributed by atoms with Gasteiger partial charge in [0.1, 0.15) is 0 Å². The highest BCUT2D eigenvalue weighted by Crippen LogP contribution is 2.32. The fourth-order valence-corrected chi connectivity index (χ4v) is 4.49. The van der Waals surface area contributed by atoms with E-state index in [2.05, 4.69) is 10.3 Å². The van der Waals surface area contributed by atoms with Crippen molar-refractivity contribution in [2.75, 3.05) is 12.3 Å². The Labute approximate surface area is 124 Å². The maximum absolute atomic E-state index is 10.8. The van der Waals surface area contributed by atoms with Gasteiger partial charge in [0, 0.05) is 23.9 Å². The lowest BCUT2D eigenvalue weighted by Crippen LogP contribution is -2.35. The number of nitro benzene ring substituents is 1. The van der Waals surface area contributed by atoms with Crippen molar-refractivity contribution in [2.45, 2.75) is 29.6 Å². The molecule has 1 N–H and O–H groups in total. The summed E-state index contributed by atoms with van der Waals surface area (Å²) in [7, 11) is 0. The first-order chi connectivity index (χ1) is 9.72. The number of nitro groups is 1. The third kappa shape index (κ3) is 3.11. The fraction of sp³-hybridized carbons (Fsp3) is 0.462. The second kappa shape index (κ2) is 6.07. The Kier molecular flexibility index (Phi) is 4.18. The second-order valence-electron chi connectivity index (χ2n) is 4.85. The zero-order valence-electron chi connectivity index (χ0n) is 10.9. The van der Waals surface area contributed by atoms with Crippen LogP contribution in [0.3, 0.4) is 0 Å². The minimum Gasteiger partial charge on any atom is -0.313 e. The summed E-state index contributed by atoms with van der Waals surface area (Å²) in [6.45, 7) is 1.11. The van der Waals surface area contributed by atoms with Gasteiger partial charge in [-0.05, 0) is 25.5 Å². The molecule has 106 valence electrons. The van der Waals surface area contributed by atoms with E-state index in [-0.39, 0.29) is 10.6 Å². The van der Waals surface area contributed by atoms with Gasteiger partial charge in [-0.1, -0.05) is 18.2 Å². The van der Waals surface area contributed by atoms with Crippen LogP contribution in [0.15, 0.2) is 22.5 Å². The van der Waals surface area contributed by atoms with E-state index >= 15 is 0 Å². The smallest absolute Gasteiger partial charge is 0.271 e. The quantitative estimate of drug-likeness (QED) is 0.532. The molecule has 1 saturated heterocycles. The standard InChI is InChI=1S/C13H15N3O2S2/c17-16(18)10-4-5-12-11(7-10)15-13(20-12)19-8-9-3-1-2-6-14-9/h4-5,7,9,14H,1-3,6,8H2. The highest BCUT2D eigenvalue weighted by Gasteiger charge is 2.15. The molecule has 5 nitrogen and oxygen atoms in total. The number of hydrogen-bond donors (Lipinski definition) is 1. The van der Waals surface area contributed by atoms with E-state index in [1.165, 1.54) is 25.3 Å². The number of piperidine rings is 1. The lowest BCUT2D eigenvalue weighted by atomic mass is 10.1. The Hall–Kier alpha value is -1.18. The first kappa shape index (κ1) is 13.8. The molecule has 1 unspecified atom stereocenters. The van der Waals surface area contributed by atoms with Gasteiger partial charge in [-0.2, -0.15) is 0 Å². The van der Waals surface area contributed by atoms with E-state index in [9.17, 15) is 10.1 Å². The molecule has 1 aliphatic heterocycles. The van der Waals surface area contributed by atoms with E-state index in [0.29, 0.717) is 6.04 Å². The molecule has 1 aromatic heterocycles. The van der Waals surface area contributed by atoms with Crippen molar-refractivity contribution >= 4 is 39.0 Å². The van der Waals surface area contributed by atoms with Crippen molar-refractivity contribution in [3.8, 4) is 0 Å². The van der Waals surface area contributed by atoms with Crippen LogP contribution in [-0.4, -0.2) is 28.2 Å². The number of aromatic nitrogens is 1. The summed E-state index contributed by atoms with van der Waals surface area (Å²) in [5.74, 6) is 1.02. The highest BCUT2D eigenvalue weighted by atomic mass is 32.2. The van der Waals surface area contributed by atoms with Crippen LogP contribution in [0.2, 0.25) is 0 Å². The molecule has 0 bridgehead atoms. The van der Waals surface area contributed by atoms with Gasteiger partial charge in [0.15, 0.2) is 4.34 Å². The number of benzene rings is 1. The first-order valence-electron chi connectivity index (χ1n) is 6.63. The summed E-state index contributed by atoms with van der Waals surface area (Å²) in [6.07, 6.45) is 3.79. The Morgan fingerprint density at radius 2 is 2.40 bits per heavy atom. The van der Waals surface area contributed by atoms with Crippen molar-refractivity contribution in [3.63, 3.8) is 0 Å².